The summed E-state index contributed by atoms with van der Waals surface area (Å²) in [6.07, 6.45) is 0.223. The van der Waals surface area contributed by atoms with E-state index in [4.69, 9.17) is 9.47 Å². The molecule has 0 aliphatic rings. The third-order valence-corrected chi connectivity index (χ3v) is 4.56. The topological polar surface area (TPSA) is 59.1 Å². The van der Waals surface area contributed by atoms with Crippen LogP contribution in [0.15, 0.2) is 48.5 Å². The number of hydrogen-bond acceptors (Lipinski definition) is 4. The van der Waals surface area contributed by atoms with Crippen molar-refractivity contribution < 1.29 is 19.1 Å². The second kappa shape index (κ2) is 10.3. The van der Waals surface area contributed by atoms with Crippen molar-refractivity contribution in [2.75, 3.05) is 32.2 Å². The van der Waals surface area contributed by atoms with E-state index in [9.17, 15) is 9.59 Å². The first kappa shape index (κ1) is 21.3. The number of rotatable bonds is 9. The molecule has 0 spiro atoms. The predicted molar refractivity (Wildman–Crippen MR) is 110 cm³/mol. The predicted octanol–water partition coefficient (Wildman–Crippen LogP) is 3.50. The highest BCUT2D eigenvalue weighted by Gasteiger charge is 2.20. The Morgan fingerprint density at radius 1 is 1.00 bits per heavy atom. The highest BCUT2D eigenvalue weighted by atomic mass is 16.5. The summed E-state index contributed by atoms with van der Waals surface area (Å²) in [6, 6.07) is 15.1. The van der Waals surface area contributed by atoms with Crippen LogP contribution >= 0.6 is 0 Å². The number of benzene rings is 2. The lowest BCUT2D eigenvalue weighted by atomic mass is 10.2. The summed E-state index contributed by atoms with van der Waals surface area (Å²) in [5.41, 5.74) is 1.67. The lowest BCUT2D eigenvalue weighted by Crippen LogP contribution is -2.36. The van der Waals surface area contributed by atoms with Crippen LogP contribution in [0.25, 0.3) is 0 Å². The number of ether oxygens (including phenoxy) is 2. The fourth-order valence-electron chi connectivity index (χ4n) is 3.00. The van der Waals surface area contributed by atoms with Gasteiger partial charge in [-0.25, -0.2) is 0 Å². The number of methoxy groups -OCH3 is 2. The molecule has 0 saturated carbocycles. The average molecular weight is 384 g/mol. The van der Waals surface area contributed by atoms with Gasteiger partial charge in [-0.3, -0.25) is 9.59 Å². The molecule has 0 atom stereocenters. The average Bonchev–Trinajstić information content (AvgIpc) is 2.72. The van der Waals surface area contributed by atoms with Gasteiger partial charge in [0.05, 0.1) is 19.9 Å². The van der Waals surface area contributed by atoms with E-state index in [1.807, 2.05) is 37.3 Å². The zero-order valence-corrected chi connectivity index (χ0v) is 17.0. The molecule has 0 unspecified atom stereocenters. The lowest BCUT2D eigenvalue weighted by molar-refractivity contribution is -0.131. The van der Waals surface area contributed by atoms with Gasteiger partial charge < -0.3 is 19.3 Å². The normalized spacial score (nSPS) is 10.3. The van der Waals surface area contributed by atoms with Crippen LogP contribution < -0.4 is 14.4 Å². The van der Waals surface area contributed by atoms with Gasteiger partial charge in [0.15, 0.2) is 0 Å². The van der Waals surface area contributed by atoms with Crippen LogP contribution in [-0.2, 0) is 16.1 Å². The lowest BCUT2D eigenvalue weighted by Gasteiger charge is -2.26. The SMILES string of the molecule is CCN(Cc1ccccc1)C(=O)CCN(C(C)=O)c1cc(OC)ccc1OC. The molecule has 0 fully saturated rings. The zero-order valence-electron chi connectivity index (χ0n) is 17.0. The summed E-state index contributed by atoms with van der Waals surface area (Å²) < 4.78 is 10.6. The van der Waals surface area contributed by atoms with E-state index < -0.39 is 0 Å². The largest absolute Gasteiger partial charge is 0.497 e. The second-order valence-electron chi connectivity index (χ2n) is 6.35. The Labute approximate surface area is 166 Å². The van der Waals surface area contributed by atoms with Crippen LogP contribution in [0.5, 0.6) is 11.5 Å². The van der Waals surface area contributed by atoms with E-state index >= 15 is 0 Å². The molecule has 0 aliphatic heterocycles. The van der Waals surface area contributed by atoms with Gasteiger partial charge in [-0.05, 0) is 24.6 Å². The van der Waals surface area contributed by atoms with Crippen molar-refractivity contribution in [3.8, 4) is 11.5 Å². The van der Waals surface area contributed by atoms with Crippen molar-refractivity contribution in [1.29, 1.82) is 0 Å². The molecule has 0 bridgehead atoms. The van der Waals surface area contributed by atoms with Gasteiger partial charge in [-0.2, -0.15) is 0 Å². The number of hydrogen-bond donors (Lipinski definition) is 0. The molecule has 0 heterocycles. The Morgan fingerprint density at radius 2 is 1.71 bits per heavy atom. The van der Waals surface area contributed by atoms with Crippen LogP contribution in [0.3, 0.4) is 0 Å². The van der Waals surface area contributed by atoms with Crippen molar-refractivity contribution in [3.63, 3.8) is 0 Å². The van der Waals surface area contributed by atoms with Crippen LogP contribution in [0.1, 0.15) is 25.8 Å². The Morgan fingerprint density at radius 3 is 2.29 bits per heavy atom. The number of amides is 2. The van der Waals surface area contributed by atoms with Crippen LogP contribution in [0.4, 0.5) is 5.69 Å². The summed E-state index contributed by atoms with van der Waals surface area (Å²) >= 11 is 0. The maximum Gasteiger partial charge on any atom is 0.224 e. The molecule has 0 radical (unpaired) electrons. The monoisotopic (exact) mass is 384 g/mol. The summed E-state index contributed by atoms with van der Waals surface area (Å²) in [7, 11) is 3.11. The van der Waals surface area contributed by atoms with E-state index in [0.29, 0.717) is 30.3 Å². The maximum atomic E-state index is 12.7. The first-order valence-electron chi connectivity index (χ1n) is 9.32. The highest BCUT2D eigenvalue weighted by molar-refractivity contribution is 5.94. The van der Waals surface area contributed by atoms with Crippen molar-refractivity contribution in [2.24, 2.45) is 0 Å². The van der Waals surface area contributed by atoms with Crippen molar-refractivity contribution in [2.45, 2.75) is 26.8 Å². The fraction of sp³-hybridized carbons (Fsp3) is 0.364. The Kier molecular flexibility index (Phi) is 7.87. The molecule has 6 heteroatoms. The van der Waals surface area contributed by atoms with Crippen LogP contribution in [0.2, 0.25) is 0 Å². The minimum Gasteiger partial charge on any atom is -0.497 e. The van der Waals surface area contributed by atoms with Crippen molar-refractivity contribution in [3.05, 3.63) is 54.1 Å². The molecule has 0 aliphatic carbocycles. The van der Waals surface area contributed by atoms with Gasteiger partial charge in [-0.15, -0.1) is 0 Å². The molecule has 2 aromatic carbocycles. The van der Waals surface area contributed by atoms with E-state index in [2.05, 4.69) is 0 Å². The molecule has 0 aromatic heterocycles. The Balaban J connectivity index is 2.12. The minimum atomic E-state index is -0.162. The van der Waals surface area contributed by atoms with E-state index in [-0.39, 0.29) is 24.8 Å². The second-order valence-corrected chi connectivity index (χ2v) is 6.35. The first-order valence-corrected chi connectivity index (χ1v) is 9.32. The van der Waals surface area contributed by atoms with E-state index in [0.717, 1.165) is 5.56 Å². The standard InChI is InChI=1S/C22H28N2O4/c1-5-23(16-18-9-7-6-8-10-18)22(26)13-14-24(17(2)25)20-15-19(27-3)11-12-21(20)28-4/h6-12,15H,5,13-14,16H2,1-4H3. The summed E-state index contributed by atoms with van der Waals surface area (Å²) in [5, 5.41) is 0. The minimum absolute atomic E-state index is 0.000494. The number of anilines is 1. The third kappa shape index (κ3) is 5.49. The molecule has 2 aromatic rings. The number of nitrogens with zero attached hydrogens (tertiary/aromatic N) is 2. The molecule has 6 nitrogen and oxygen atoms in total. The molecule has 0 N–H and O–H groups in total. The van der Waals surface area contributed by atoms with Crippen molar-refractivity contribution >= 4 is 17.5 Å². The molecule has 0 saturated heterocycles. The summed E-state index contributed by atoms with van der Waals surface area (Å²) in [5.74, 6) is 1.01. The first-order chi connectivity index (χ1) is 13.5. The Hall–Kier alpha value is -3.02. The molecular formula is C22H28N2O4. The zero-order chi connectivity index (χ0) is 20.5. The van der Waals surface area contributed by atoms with Gasteiger partial charge in [-0.1, -0.05) is 30.3 Å². The van der Waals surface area contributed by atoms with Gasteiger partial charge in [0.1, 0.15) is 11.5 Å². The quantitative estimate of drug-likeness (QED) is 0.664. The van der Waals surface area contributed by atoms with Crippen LogP contribution in [0, 0.1) is 0 Å². The molecule has 2 amide bonds. The Bertz CT molecular complexity index is 792. The molecule has 150 valence electrons. The fourth-order valence-corrected chi connectivity index (χ4v) is 3.00. The van der Waals surface area contributed by atoms with Gasteiger partial charge in [0, 0.05) is 39.0 Å². The van der Waals surface area contributed by atoms with Gasteiger partial charge >= 0.3 is 0 Å². The molecule has 2 rings (SSSR count). The van der Waals surface area contributed by atoms with E-state index in [1.54, 1.807) is 42.2 Å². The molecule has 28 heavy (non-hydrogen) atoms. The third-order valence-electron chi connectivity index (χ3n) is 4.56. The highest BCUT2D eigenvalue weighted by Crippen LogP contribution is 2.32. The summed E-state index contributed by atoms with van der Waals surface area (Å²) in [6.45, 7) is 4.86. The smallest absolute Gasteiger partial charge is 0.224 e. The summed E-state index contributed by atoms with van der Waals surface area (Å²) in [4.78, 5) is 28.3. The number of carbonyl (C=O) groups is 2. The van der Waals surface area contributed by atoms with Gasteiger partial charge in [0.25, 0.3) is 0 Å². The van der Waals surface area contributed by atoms with Crippen molar-refractivity contribution in [1.82, 2.24) is 4.90 Å². The molecular weight excluding hydrogens is 356 g/mol. The van der Waals surface area contributed by atoms with Gasteiger partial charge in [0.2, 0.25) is 11.8 Å². The van der Waals surface area contributed by atoms with E-state index in [1.165, 1.54) is 6.92 Å². The van der Waals surface area contributed by atoms with Crippen LogP contribution in [-0.4, -0.2) is 44.0 Å². The number of carbonyl (C=O) groups excluding carboxylic acids is 2. The maximum absolute atomic E-state index is 12.7.